The Labute approximate surface area is 148 Å². The second-order valence-electron chi connectivity index (χ2n) is 6.85. The zero-order valence-electron chi connectivity index (χ0n) is 14.8. The Bertz CT molecular complexity index is 583. The van der Waals surface area contributed by atoms with Gasteiger partial charge in [0.15, 0.2) is 6.61 Å². The molecule has 138 valence electrons. The molecule has 0 aromatic heterocycles. The van der Waals surface area contributed by atoms with Gasteiger partial charge in [-0.1, -0.05) is 18.2 Å². The molecule has 2 fully saturated rings. The third-order valence-electron chi connectivity index (χ3n) is 5.29. The Morgan fingerprint density at radius 1 is 1.36 bits per heavy atom. The van der Waals surface area contributed by atoms with Crippen LogP contribution in [0.4, 0.5) is 0 Å². The van der Waals surface area contributed by atoms with Crippen LogP contribution in [-0.2, 0) is 20.8 Å². The lowest BCUT2D eigenvalue weighted by Crippen LogP contribution is -2.55. The third kappa shape index (κ3) is 4.32. The molecule has 3 rings (SSSR count). The zero-order chi connectivity index (χ0) is 17.7. The number of methoxy groups -OCH3 is 1. The highest BCUT2D eigenvalue weighted by Crippen LogP contribution is 2.37. The first-order chi connectivity index (χ1) is 12.1. The number of rotatable bonds is 6. The molecule has 0 saturated carbocycles. The molecule has 0 amide bonds. The number of carbonyl (C=O) groups is 1. The number of ether oxygens (including phenoxy) is 3. The molecule has 1 atom stereocenters. The predicted molar refractivity (Wildman–Crippen MR) is 92.8 cm³/mol. The van der Waals surface area contributed by atoms with Gasteiger partial charge < -0.3 is 19.3 Å². The van der Waals surface area contributed by atoms with Crippen LogP contribution in [0.15, 0.2) is 24.3 Å². The Morgan fingerprint density at radius 2 is 2.12 bits per heavy atom. The van der Waals surface area contributed by atoms with Crippen molar-refractivity contribution in [3.8, 4) is 5.75 Å². The molecule has 1 aromatic carbocycles. The van der Waals surface area contributed by atoms with Gasteiger partial charge in [0.2, 0.25) is 0 Å². The van der Waals surface area contributed by atoms with Crippen molar-refractivity contribution in [2.24, 2.45) is 0 Å². The quantitative estimate of drug-likeness (QED) is 0.850. The van der Waals surface area contributed by atoms with E-state index in [2.05, 4.69) is 4.90 Å². The molecule has 2 saturated heterocycles. The second kappa shape index (κ2) is 8.17. The zero-order valence-corrected chi connectivity index (χ0v) is 14.8. The molecule has 0 bridgehead atoms. The molecule has 2 aliphatic rings. The van der Waals surface area contributed by atoms with Crippen molar-refractivity contribution in [1.29, 1.82) is 0 Å². The van der Waals surface area contributed by atoms with Crippen molar-refractivity contribution in [3.63, 3.8) is 0 Å². The first-order valence-corrected chi connectivity index (χ1v) is 8.94. The van der Waals surface area contributed by atoms with Crippen LogP contribution in [0.2, 0.25) is 0 Å². The maximum atomic E-state index is 10.7. The topological polar surface area (TPSA) is 68.2 Å². The smallest absolute Gasteiger partial charge is 0.341 e. The minimum atomic E-state index is -0.963. The summed E-state index contributed by atoms with van der Waals surface area (Å²) in [7, 11) is 1.78. The molecule has 0 aliphatic carbocycles. The normalized spacial score (nSPS) is 23.5. The van der Waals surface area contributed by atoms with Gasteiger partial charge in [-0.25, -0.2) is 4.79 Å². The predicted octanol–water partition coefficient (Wildman–Crippen LogP) is 2.31. The fourth-order valence-electron chi connectivity index (χ4n) is 3.94. The van der Waals surface area contributed by atoms with Crippen LogP contribution >= 0.6 is 0 Å². The van der Waals surface area contributed by atoms with Crippen molar-refractivity contribution < 1.29 is 24.1 Å². The number of para-hydroxylation sites is 1. The summed E-state index contributed by atoms with van der Waals surface area (Å²) in [4.78, 5) is 13.1. The lowest BCUT2D eigenvalue weighted by Gasteiger charge is -2.48. The fraction of sp³-hybridized carbons (Fsp3) is 0.632. The molecule has 0 radical (unpaired) electrons. The van der Waals surface area contributed by atoms with Gasteiger partial charge in [-0.3, -0.25) is 4.90 Å². The van der Waals surface area contributed by atoms with E-state index in [0.717, 1.165) is 57.5 Å². The first kappa shape index (κ1) is 18.2. The van der Waals surface area contributed by atoms with E-state index in [1.54, 1.807) is 7.11 Å². The van der Waals surface area contributed by atoms with Gasteiger partial charge >= 0.3 is 5.97 Å². The lowest BCUT2D eigenvalue weighted by atomic mass is 9.81. The molecule has 2 aliphatic heterocycles. The molecule has 1 spiro atoms. The van der Waals surface area contributed by atoms with Crippen molar-refractivity contribution in [3.05, 3.63) is 29.8 Å². The van der Waals surface area contributed by atoms with Crippen LogP contribution in [0.25, 0.3) is 0 Å². The monoisotopic (exact) mass is 349 g/mol. The van der Waals surface area contributed by atoms with Gasteiger partial charge in [0, 0.05) is 38.9 Å². The number of likely N-dealkylation sites (tertiary alicyclic amines) is 1. The average molecular weight is 349 g/mol. The summed E-state index contributed by atoms with van der Waals surface area (Å²) in [5, 5.41) is 8.81. The largest absolute Gasteiger partial charge is 0.482 e. The summed E-state index contributed by atoms with van der Waals surface area (Å²) in [6, 6.07) is 7.65. The fourth-order valence-corrected chi connectivity index (χ4v) is 3.94. The number of hydrogen-bond acceptors (Lipinski definition) is 5. The van der Waals surface area contributed by atoms with E-state index in [4.69, 9.17) is 19.3 Å². The number of piperidine rings is 1. The maximum absolute atomic E-state index is 10.7. The minimum absolute atomic E-state index is 0.136. The Kier molecular flexibility index (Phi) is 5.93. The maximum Gasteiger partial charge on any atom is 0.341 e. The van der Waals surface area contributed by atoms with E-state index >= 15 is 0 Å². The summed E-state index contributed by atoms with van der Waals surface area (Å²) in [6.07, 6.45) is 4.25. The van der Waals surface area contributed by atoms with Gasteiger partial charge in [-0.05, 0) is 31.7 Å². The molecular formula is C19H27NO5. The highest BCUT2D eigenvalue weighted by atomic mass is 16.5. The van der Waals surface area contributed by atoms with Crippen molar-refractivity contribution in [1.82, 2.24) is 4.90 Å². The Morgan fingerprint density at radius 3 is 2.84 bits per heavy atom. The number of carboxylic acid groups (broad SMARTS) is 1. The van der Waals surface area contributed by atoms with Crippen LogP contribution in [0.3, 0.4) is 0 Å². The summed E-state index contributed by atoms with van der Waals surface area (Å²) >= 11 is 0. The number of carboxylic acids is 1. The molecule has 1 aromatic rings. The average Bonchev–Trinajstić information content (AvgIpc) is 2.63. The number of benzene rings is 1. The van der Waals surface area contributed by atoms with Crippen molar-refractivity contribution in [2.45, 2.75) is 43.9 Å². The molecule has 6 nitrogen and oxygen atoms in total. The van der Waals surface area contributed by atoms with Crippen molar-refractivity contribution in [2.75, 3.05) is 33.4 Å². The van der Waals surface area contributed by atoms with Crippen LogP contribution < -0.4 is 4.74 Å². The van der Waals surface area contributed by atoms with E-state index in [0.29, 0.717) is 5.75 Å². The number of aliphatic carboxylic acids is 1. The van der Waals surface area contributed by atoms with E-state index in [-0.39, 0.29) is 18.3 Å². The van der Waals surface area contributed by atoms with Gasteiger partial charge in [-0.2, -0.15) is 0 Å². The Balaban J connectivity index is 1.60. The number of hydrogen-bond donors (Lipinski definition) is 1. The van der Waals surface area contributed by atoms with E-state index in [1.807, 2.05) is 24.3 Å². The SMILES string of the molecule is CO[C@H]1CCCOC12CCN(Cc1ccccc1OCC(=O)O)CC2. The van der Waals surface area contributed by atoms with Gasteiger partial charge in [-0.15, -0.1) is 0 Å². The van der Waals surface area contributed by atoms with Crippen LogP contribution in [0.5, 0.6) is 5.75 Å². The van der Waals surface area contributed by atoms with Crippen LogP contribution in [0.1, 0.15) is 31.2 Å². The molecule has 2 heterocycles. The highest BCUT2D eigenvalue weighted by Gasteiger charge is 2.44. The van der Waals surface area contributed by atoms with E-state index < -0.39 is 5.97 Å². The first-order valence-electron chi connectivity index (χ1n) is 8.94. The summed E-state index contributed by atoms with van der Waals surface area (Å²) in [5.41, 5.74) is 0.885. The van der Waals surface area contributed by atoms with Crippen LogP contribution in [0, 0.1) is 0 Å². The summed E-state index contributed by atoms with van der Waals surface area (Å²) in [5.74, 6) is -0.316. The lowest BCUT2D eigenvalue weighted by molar-refractivity contribution is -0.186. The van der Waals surface area contributed by atoms with Gasteiger partial charge in [0.05, 0.1) is 11.7 Å². The van der Waals surface area contributed by atoms with E-state index in [1.165, 1.54) is 0 Å². The third-order valence-corrected chi connectivity index (χ3v) is 5.29. The van der Waals surface area contributed by atoms with Gasteiger partial charge in [0.1, 0.15) is 5.75 Å². The molecule has 0 unspecified atom stereocenters. The highest BCUT2D eigenvalue weighted by molar-refractivity contribution is 5.68. The summed E-state index contributed by atoms with van der Waals surface area (Å²) < 4.78 is 17.3. The molecule has 25 heavy (non-hydrogen) atoms. The second-order valence-corrected chi connectivity index (χ2v) is 6.85. The van der Waals surface area contributed by atoms with Crippen LogP contribution in [-0.4, -0.2) is 61.1 Å². The molecule has 6 heteroatoms. The minimum Gasteiger partial charge on any atom is -0.482 e. The molecular weight excluding hydrogens is 322 g/mol. The van der Waals surface area contributed by atoms with E-state index in [9.17, 15) is 4.79 Å². The summed E-state index contributed by atoms with van der Waals surface area (Å²) in [6.45, 7) is 3.14. The van der Waals surface area contributed by atoms with Gasteiger partial charge in [0.25, 0.3) is 0 Å². The standard InChI is InChI=1S/C19H27NO5/c1-23-17-7-4-12-25-19(17)8-10-20(11-9-19)13-15-5-2-3-6-16(15)24-14-18(21)22/h2-3,5-6,17H,4,7-14H2,1H3,(H,21,22)/t17-/m0/s1. The molecule has 1 N–H and O–H groups in total. The van der Waals surface area contributed by atoms with Crippen molar-refractivity contribution >= 4 is 5.97 Å². The number of nitrogens with zero attached hydrogens (tertiary/aromatic N) is 1. The Hall–Kier alpha value is -1.63.